The van der Waals surface area contributed by atoms with Crippen LogP contribution in [0.25, 0.3) is 17.7 Å². The summed E-state index contributed by atoms with van der Waals surface area (Å²) in [5, 5.41) is 6.01. The first-order valence-corrected chi connectivity index (χ1v) is 18.3. The van der Waals surface area contributed by atoms with E-state index in [1.807, 2.05) is 0 Å². The molecule has 0 amide bonds. The van der Waals surface area contributed by atoms with E-state index in [1.165, 1.54) is 0 Å². The van der Waals surface area contributed by atoms with Crippen LogP contribution < -0.4 is 25.5 Å². The van der Waals surface area contributed by atoms with E-state index in [0.717, 1.165) is 96.6 Å². The van der Waals surface area contributed by atoms with Gasteiger partial charge in [0.05, 0.1) is 103 Å². The summed E-state index contributed by atoms with van der Waals surface area (Å²) in [5.74, 6) is 1.75. The van der Waals surface area contributed by atoms with E-state index in [4.69, 9.17) is 19.5 Å². The molecule has 2 atom stereocenters. The first kappa shape index (κ1) is 35.4. The SMILES string of the molecule is C[N+](C)(C)CCCOc1ccc(C2=C3C=CC(=N3)C=c3ccc([nH]3)=CC3=NC(=CC4(c5ccc(OCCC[N+](C)(C)C)cc5)C=CC2N4)C=C3)cc1. The van der Waals surface area contributed by atoms with Crippen molar-refractivity contribution >= 4 is 29.1 Å². The van der Waals surface area contributed by atoms with Gasteiger partial charge in [-0.25, -0.2) is 9.98 Å². The molecule has 5 heterocycles. The van der Waals surface area contributed by atoms with E-state index in [9.17, 15) is 0 Å². The van der Waals surface area contributed by atoms with Gasteiger partial charge in [0.1, 0.15) is 11.5 Å². The predicted molar refractivity (Wildman–Crippen MR) is 214 cm³/mol. The summed E-state index contributed by atoms with van der Waals surface area (Å²) >= 11 is 0. The highest BCUT2D eigenvalue weighted by atomic mass is 16.5. The minimum absolute atomic E-state index is 0.132. The molecule has 3 aromatic rings. The first-order chi connectivity index (χ1) is 24.9. The third kappa shape index (κ3) is 8.70. The molecule has 4 aliphatic heterocycles. The van der Waals surface area contributed by atoms with Crippen molar-refractivity contribution < 1.29 is 18.4 Å². The van der Waals surface area contributed by atoms with Crippen LogP contribution >= 0.6 is 0 Å². The van der Waals surface area contributed by atoms with Gasteiger partial charge in [-0.05, 0) is 90.1 Å². The highest BCUT2D eigenvalue weighted by Crippen LogP contribution is 2.39. The Morgan fingerprint density at radius 2 is 1.25 bits per heavy atom. The lowest BCUT2D eigenvalue weighted by molar-refractivity contribution is -0.870. The standard InChI is InChI=1S/C44H52N6O2/c1-49(2,3)25-7-27-51-39-18-9-32(10-19-39)43-41-22-17-37(47-41)30-35-14-13-34(45-35)29-36-15-16-38(46-36)31-44(24-23-42(43)48-44)33-11-20-40(21-12-33)52-28-8-26-50(4,5)6/h9-24,29-31,42,45,48H,7-8,25-28H2,1-6H3/q+2. The van der Waals surface area contributed by atoms with Crippen molar-refractivity contribution in [1.82, 2.24) is 10.3 Å². The molecule has 0 saturated carbocycles. The van der Waals surface area contributed by atoms with Crippen LogP contribution in [0.5, 0.6) is 11.5 Å². The summed E-state index contributed by atoms with van der Waals surface area (Å²) in [7, 11) is 13.3. The van der Waals surface area contributed by atoms with E-state index in [2.05, 4.69) is 168 Å². The van der Waals surface area contributed by atoms with Crippen molar-refractivity contribution in [3.63, 3.8) is 0 Å². The average Bonchev–Trinajstić information content (AvgIpc) is 3.92. The fourth-order valence-corrected chi connectivity index (χ4v) is 6.94. The Bertz CT molecular complexity index is 2130. The number of hydrogen-bond acceptors (Lipinski definition) is 5. The van der Waals surface area contributed by atoms with Gasteiger partial charge in [0.15, 0.2) is 0 Å². The lowest BCUT2D eigenvalue weighted by Crippen LogP contribution is -2.40. The van der Waals surface area contributed by atoms with Crippen LogP contribution in [0.4, 0.5) is 0 Å². The fraction of sp³-hybridized carbons (Fsp3) is 0.318. The normalized spacial score (nSPS) is 20.7. The molecule has 2 N–H and O–H groups in total. The minimum atomic E-state index is -0.621. The topological polar surface area (TPSA) is 71.0 Å². The number of H-pyrrole nitrogens is 1. The molecular weight excluding hydrogens is 645 g/mol. The molecule has 7 rings (SSSR count). The number of ether oxygens (including phenoxy) is 2. The molecule has 0 aliphatic carbocycles. The third-order valence-corrected chi connectivity index (χ3v) is 9.57. The summed E-state index contributed by atoms with van der Waals surface area (Å²) in [6.45, 7) is 3.51. The predicted octanol–water partition coefficient (Wildman–Crippen LogP) is 5.28. The minimum Gasteiger partial charge on any atom is -0.493 e. The third-order valence-electron chi connectivity index (χ3n) is 9.57. The number of hydrogen-bond donors (Lipinski definition) is 2. The van der Waals surface area contributed by atoms with Gasteiger partial charge in [-0.2, -0.15) is 0 Å². The van der Waals surface area contributed by atoms with Crippen molar-refractivity contribution in [3.8, 4) is 11.5 Å². The second kappa shape index (κ2) is 14.5. The van der Waals surface area contributed by atoms with Crippen LogP contribution in [0.1, 0.15) is 24.0 Å². The number of rotatable bonds is 12. The summed E-state index contributed by atoms with van der Waals surface area (Å²) in [6.07, 6.45) is 21.3. The lowest BCUT2D eigenvalue weighted by atomic mass is 9.89. The molecule has 52 heavy (non-hydrogen) atoms. The van der Waals surface area contributed by atoms with Crippen molar-refractivity contribution in [3.05, 3.63) is 136 Å². The van der Waals surface area contributed by atoms with Gasteiger partial charge in [-0.1, -0.05) is 36.4 Å². The number of aromatic amines is 1. The summed E-state index contributed by atoms with van der Waals surface area (Å²) < 4.78 is 14.2. The Balaban J connectivity index is 1.24. The van der Waals surface area contributed by atoms with Gasteiger partial charge in [-0.3, -0.25) is 5.32 Å². The Morgan fingerprint density at radius 3 is 1.87 bits per heavy atom. The van der Waals surface area contributed by atoms with Crippen LogP contribution in [0.15, 0.2) is 125 Å². The Kier molecular flexibility index (Phi) is 9.90. The van der Waals surface area contributed by atoms with Gasteiger partial charge in [-0.15, -0.1) is 0 Å². The van der Waals surface area contributed by atoms with Crippen molar-refractivity contribution in [2.75, 3.05) is 68.6 Å². The van der Waals surface area contributed by atoms with Crippen molar-refractivity contribution in [2.45, 2.75) is 24.4 Å². The zero-order valence-electron chi connectivity index (χ0n) is 31.4. The quantitative estimate of drug-likeness (QED) is 0.154. The lowest BCUT2D eigenvalue weighted by Gasteiger charge is -2.30. The molecule has 4 aliphatic rings. The summed E-state index contributed by atoms with van der Waals surface area (Å²) in [6, 6.07) is 21.0. The number of allylic oxidation sites excluding steroid dienone is 4. The smallest absolute Gasteiger partial charge is 0.119 e. The van der Waals surface area contributed by atoms with Gasteiger partial charge in [0.2, 0.25) is 0 Å². The van der Waals surface area contributed by atoms with Gasteiger partial charge < -0.3 is 23.4 Å². The summed E-state index contributed by atoms with van der Waals surface area (Å²) in [5.41, 5.74) is 6.30. The maximum absolute atomic E-state index is 6.16. The molecule has 268 valence electrons. The molecule has 8 heteroatoms. The highest BCUT2D eigenvalue weighted by molar-refractivity contribution is 6.20. The van der Waals surface area contributed by atoms with Crippen molar-refractivity contribution in [2.24, 2.45) is 9.98 Å². The van der Waals surface area contributed by atoms with E-state index in [-0.39, 0.29) is 6.04 Å². The van der Waals surface area contributed by atoms with E-state index >= 15 is 0 Å². The number of aromatic nitrogens is 1. The maximum atomic E-state index is 6.16. The molecule has 2 aromatic carbocycles. The number of nitrogens with zero attached hydrogens (tertiary/aromatic N) is 4. The van der Waals surface area contributed by atoms with Crippen LogP contribution in [0, 0.1) is 0 Å². The molecule has 8 bridgehead atoms. The summed E-state index contributed by atoms with van der Waals surface area (Å²) in [4.78, 5) is 13.7. The number of benzene rings is 2. The molecule has 8 nitrogen and oxygen atoms in total. The number of aliphatic imine (C=N–C) groups is 2. The maximum Gasteiger partial charge on any atom is 0.119 e. The molecule has 1 aromatic heterocycles. The van der Waals surface area contributed by atoms with Gasteiger partial charge in [0.25, 0.3) is 0 Å². The molecule has 0 radical (unpaired) electrons. The Morgan fingerprint density at radius 1 is 0.673 bits per heavy atom. The van der Waals surface area contributed by atoms with E-state index < -0.39 is 5.54 Å². The monoisotopic (exact) mass is 696 g/mol. The van der Waals surface area contributed by atoms with Crippen LogP contribution in [-0.2, 0) is 5.54 Å². The second-order valence-corrected chi connectivity index (χ2v) is 16.1. The van der Waals surface area contributed by atoms with Crippen LogP contribution in [-0.4, -0.2) is 100 Å². The Labute approximate surface area is 308 Å². The number of quaternary nitrogens is 2. The average molecular weight is 697 g/mol. The van der Waals surface area contributed by atoms with Crippen molar-refractivity contribution in [1.29, 1.82) is 0 Å². The largest absolute Gasteiger partial charge is 0.493 e. The zero-order valence-corrected chi connectivity index (χ0v) is 31.4. The van der Waals surface area contributed by atoms with Crippen LogP contribution in [0.3, 0.4) is 0 Å². The molecule has 0 fully saturated rings. The van der Waals surface area contributed by atoms with E-state index in [0.29, 0.717) is 13.2 Å². The Hall–Kier alpha value is -5.02. The second-order valence-electron chi connectivity index (χ2n) is 16.1. The van der Waals surface area contributed by atoms with Gasteiger partial charge >= 0.3 is 0 Å². The number of fused-ring (bicyclic) bond motifs is 6. The number of nitrogens with one attached hydrogen (secondary N) is 2. The first-order valence-electron chi connectivity index (χ1n) is 18.3. The highest BCUT2D eigenvalue weighted by Gasteiger charge is 2.37. The van der Waals surface area contributed by atoms with E-state index in [1.54, 1.807) is 0 Å². The molecular formula is C44H52N6O2+2. The van der Waals surface area contributed by atoms with Gasteiger partial charge in [0, 0.05) is 29.1 Å². The molecule has 0 saturated heterocycles. The fourth-order valence-electron chi connectivity index (χ4n) is 6.94. The van der Waals surface area contributed by atoms with Crippen LogP contribution in [0.2, 0.25) is 0 Å². The molecule has 0 spiro atoms. The zero-order chi connectivity index (χ0) is 36.3. The molecule has 2 unspecified atom stereocenters.